The van der Waals surface area contributed by atoms with E-state index in [1.165, 1.54) is 66.2 Å². The normalized spacial score (nSPS) is 14.0. The second-order valence-electron chi connectivity index (χ2n) is 18.4. The summed E-state index contributed by atoms with van der Waals surface area (Å²) in [6.07, 6.45) is 0. The predicted molar refractivity (Wildman–Crippen MR) is 252 cm³/mol. The molecule has 8 aromatic carbocycles. The largest absolute Gasteiger partial charge is 0.456 e. The first kappa shape index (κ1) is 33.9. The fraction of sp³-hybridized carbons (Fsp3) is 0.127. The lowest BCUT2D eigenvalue weighted by Gasteiger charge is -2.27. The van der Waals surface area contributed by atoms with Crippen molar-refractivity contribution in [2.75, 3.05) is 5.32 Å². The number of anilines is 2. The molecule has 0 spiro atoms. The summed E-state index contributed by atoms with van der Waals surface area (Å²) in [5, 5.41) is 10.8. The summed E-state index contributed by atoms with van der Waals surface area (Å²) in [6.45, 7) is 11.5. The molecule has 1 N–H and O–H groups in total. The molecule has 0 unspecified atom stereocenters. The molecule has 1 radical (unpaired) electrons. The number of rotatable bonds is 3. The molecule has 0 saturated carbocycles. The van der Waals surface area contributed by atoms with Crippen LogP contribution in [0.25, 0.3) is 93.6 Å². The summed E-state index contributed by atoms with van der Waals surface area (Å²) in [4.78, 5) is 0. The van der Waals surface area contributed by atoms with Crippen molar-refractivity contribution in [1.82, 2.24) is 4.57 Å². The Kier molecular flexibility index (Phi) is 6.57. The third-order valence-corrected chi connectivity index (χ3v) is 13.6. The summed E-state index contributed by atoms with van der Waals surface area (Å²) >= 11 is 0. The Labute approximate surface area is 348 Å². The van der Waals surface area contributed by atoms with E-state index in [0.29, 0.717) is 0 Å². The van der Waals surface area contributed by atoms with Crippen molar-refractivity contribution in [3.05, 3.63) is 162 Å². The Morgan fingerprint density at radius 2 is 1.28 bits per heavy atom. The SMILES string of the molecule is CC(C)(C)c1ccc(Nc2cc3c(cc2-c2ccc4c5c6c(ccc5n5c4c2[B]c2cc4c(cc2-5)-c2ccccc2C4(C)C)oc2ccccc26)oc2ccccc23)cc1. The number of nitrogens with zero attached hydrogens (tertiary/aromatic N) is 1. The van der Waals surface area contributed by atoms with Crippen molar-refractivity contribution in [1.29, 1.82) is 0 Å². The third kappa shape index (κ3) is 4.52. The molecule has 4 heterocycles. The second kappa shape index (κ2) is 11.6. The van der Waals surface area contributed by atoms with Crippen LogP contribution in [-0.4, -0.2) is 11.8 Å². The van der Waals surface area contributed by atoms with Gasteiger partial charge in [0.2, 0.25) is 0 Å². The molecule has 1 aliphatic heterocycles. The average molecular weight is 772 g/mol. The van der Waals surface area contributed by atoms with Gasteiger partial charge < -0.3 is 18.7 Å². The molecule has 3 aromatic heterocycles. The van der Waals surface area contributed by atoms with Crippen LogP contribution < -0.4 is 16.2 Å². The van der Waals surface area contributed by atoms with Crippen molar-refractivity contribution in [3.63, 3.8) is 0 Å². The van der Waals surface area contributed by atoms with Gasteiger partial charge in [-0.15, -0.1) is 0 Å². The predicted octanol–water partition coefficient (Wildman–Crippen LogP) is 13.6. The summed E-state index contributed by atoms with van der Waals surface area (Å²) in [5.74, 6) is 0. The van der Waals surface area contributed by atoms with Gasteiger partial charge in [-0.3, -0.25) is 0 Å². The molecule has 60 heavy (non-hydrogen) atoms. The molecule has 0 fully saturated rings. The first-order valence-electron chi connectivity index (χ1n) is 21.0. The third-order valence-electron chi connectivity index (χ3n) is 13.6. The molecule has 13 rings (SSSR count). The van der Waals surface area contributed by atoms with E-state index in [1.807, 2.05) is 6.07 Å². The Balaban J connectivity index is 1.12. The Morgan fingerprint density at radius 3 is 2.10 bits per heavy atom. The van der Waals surface area contributed by atoms with E-state index in [4.69, 9.17) is 8.83 Å². The minimum Gasteiger partial charge on any atom is -0.456 e. The first-order valence-corrected chi connectivity index (χ1v) is 21.0. The zero-order valence-electron chi connectivity index (χ0n) is 34.2. The fourth-order valence-corrected chi connectivity index (χ4v) is 10.6. The van der Waals surface area contributed by atoms with E-state index in [9.17, 15) is 0 Å². The van der Waals surface area contributed by atoms with Gasteiger partial charge in [0.25, 0.3) is 0 Å². The highest BCUT2D eigenvalue weighted by atomic mass is 16.3. The number of fused-ring (bicyclic) bond motifs is 15. The van der Waals surface area contributed by atoms with Crippen LogP contribution >= 0.6 is 0 Å². The van der Waals surface area contributed by atoms with Crippen molar-refractivity contribution in [3.8, 4) is 27.9 Å². The average Bonchev–Trinajstić information content (AvgIpc) is 3.97. The van der Waals surface area contributed by atoms with E-state index in [1.54, 1.807) is 0 Å². The van der Waals surface area contributed by atoms with E-state index in [-0.39, 0.29) is 10.8 Å². The zero-order valence-corrected chi connectivity index (χ0v) is 34.2. The molecule has 0 amide bonds. The number of benzene rings is 8. The molecule has 4 nitrogen and oxygen atoms in total. The lowest BCUT2D eigenvalue weighted by Crippen LogP contribution is -2.38. The molecule has 2 aliphatic rings. The van der Waals surface area contributed by atoms with E-state index < -0.39 is 0 Å². The van der Waals surface area contributed by atoms with Gasteiger partial charge in [-0.05, 0) is 98.9 Å². The van der Waals surface area contributed by atoms with Crippen LogP contribution in [-0.2, 0) is 10.8 Å². The highest BCUT2D eigenvalue weighted by molar-refractivity contribution is 6.73. The van der Waals surface area contributed by atoms with Crippen LogP contribution in [0.15, 0.2) is 154 Å². The number of furan rings is 2. The maximum atomic E-state index is 6.61. The number of para-hydroxylation sites is 2. The molecule has 1 aliphatic carbocycles. The van der Waals surface area contributed by atoms with Gasteiger partial charge in [0, 0.05) is 65.9 Å². The number of hydrogen-bond donors (Lipinski definition) is 1. The van der Waals surface area contributed by atoms with Crippen molar-refractivity contribution >= 4 is 95.3 Å². The van der Waals surface area contributed by atoms with Gasteiger partial charge in [0.15, 0.2) is 7.28 Å². The van der Waals surface area contributed by atoms with Crippen LogP contribution in [0.1, 0.15) is 51.3 Å². The monoisotopic (exact) mass is 771 g/mol. The molecule has 11 aromatic rings. The van der Waals surface area contributed by atoms with Gasteiger partial charge in [-0.1, -0.05) is 131 Å². The quantitative estimate of drug-likeness (QED) is 0.182. The van der Waals surface area contributed by atoms with Gasteiger partial charge in [0.1, 0.15) is 22.3 Å². The van der Waals surface area contributed by atoms with Crippen molar-refractivity contribution in [2.45, 2.75) is 45.4 Å². The maximum absolute atomic E-state index is 6.61. The Bertz CT molecular complexity index is 3670. The lowest BCUT2D eigenvalue weighted by atomic mass is 9.58. The van der Waals surface area contributed by atoms with E-state index >= 15 is 0 Å². The molecule has 0 atom stereocenters. The molecular formula is C55H40BN2O2. The lowest BCUT2D eigenvalue weighted by molar-refractivity contribution is 0.590. The van der Waals surface area contributed by atoms with Crippen LogP contribution in [0.5, 0.6) is 0 Å². The van der Waals surface area contributed by atoms with E-state index in [0.717, 1.165) is 66.4 Å². The van der Waals surface area contributed by atoms with Gasteiger partial charge in [-0.2, -0.15) is 0 Å². The fourth-order valence-electron chi connectivity index (χ4n) is 10.6. The summed E-state index contributed by atoms with van der Waals surface area (Å²) < 4.78 is 15.7. The van der Waals surface area contributed by atoms with Crippen LogP contribution in [0.2, 0.25) is 0 Å². The molecular weight excluding hydrogens is 731 g/mol. The van der Waals surface area contributed by atoms with Gasteiger partial charge in [0.05, 0.1) is 5.52 Å². The summed E-state index contributed by atoms with van der Waals surface area (Å²) in [6, 6.07) is 53.1. The molecule has 285 valence electrons. The minimum absolute atomic E-state index is 0.0629. The number of nitrogens with one attached hydrogen (secondary N) is 1. The van der Waals surface area contributed by atoms with Crippen LogP contribution in [0.3, 0.4) is 0 Å². The smallest absolute Gasteiger partial charge is 0.197 e. The standard InChI is InChI=1S/C55H40BN2O2/c1-54(2,3)30-18-20-31(21-19-30)57-43-26-39-33-13-7-10-16-46(33)60-49(39)28-38(43)34-22-23-36-50-44(24-25-48-51(50)35-14-8-11-17-47(35)59-48)58-45-27-37-32-12-6-9-15-40(32)55(4,5)41(37)29-42(45)56-52(34)53(36)58/h6-29,57H,1-5H3. The molecule has 0 saturated heterocycles. The molecule has 5 heteroatoms. The van der Waals surface area contributed by atoms with E-state index in [2.05, 4.69) is 191 Å². The second-order valence-corrected chi connectivity index (χ2v) is 18.4. The topological polar surface area (TPSA) is 43.2 Å². The summed E-state index contributed by atoms with van der Waals surface area (Å²) in [5.41, 5.74) is 20.4. The van der Waals surface area contributed by atoms with Crippen LogP contribution in [0.4, 0.5) is 11.4 Å². The Hall–Kier alpha value is -6.98. The number of aromatic nitrogens is 1. The summed E-state index contributed by atoms with van der Waals surface area (Å²) in [7, 11) is 2.45. The van der Waals surface area contributed by atoms with Crippen molar-refractivity contribution in [2.24, 2.45) is 0 Å². The maximum Gasteiger partial charge on any atom is 0.197 e. The van der Waals surface area contributed by atoms with Crippen molar-refractivity contribution < 1.29 is 8.83 Å². The number of hydrogen-bond acceptors (Lipinski definition) is 3. The Morgan fingerprint density at radius 1 is 0.550 bits per heavy atom. The van der Waals surface area contributed by atoms with Crippen LogP contribution in [0, 0.1) is 0 Å². The highest BCUT2D eigenvalue weighted by Crippen LogP contribution is 2.50. The highest BCUT2D eigenvalue weighted by Gasteiger charge is 2.38. The van der Waals surface area contributed by atoms with Gasteiger partial charge in [-0.25, -0.2) is 0 Å². The first-order chi connectivity index (χ1) is 29.1. The minimum atomic E-state index is -0.128. The zero-order chi connectivity index (χ0) is 40.2. The molecule has 0 bridgehead atoms. The van der Waals surface area contributed by atoms with Gasteiger partial charge >= 0.3 is 0 Å².